The Morgan fingerprint density at radius 3 is 2.13 bits per heavy atom. The van der Waals surface area contributed by atoms with E-state index in [0.717, 1.165) is 50.0 Å². The molecule has 0 bridgehead atoms. The highest BCUT2D eigenvalue weighted by molar-refractivity contribution is 5.84. The minimum Gasteiger partial charge on any atom is -0.478 e. The van der Waals surface area contributed by atoms with E-state index >= 15 is 0 Å². The third-order valence-corrected chi connectivity index (χ3v) is 5.01. The van der Waals surface area contributed by atoms with Crippen molar-refractivity contribution in [3.8, 4) is 0 Å². The Labute approximate surface area is 173 Å². The van der Waals surface area contributed by atoms with Gasteiger partial charge in [0.2, 0.25) is 0 Å². The molecule has 1 aliphatic heterocycles. The number of aromatic nitrogens is 1. The number of carbonyl (C=O) groups is 1. The van der Waals surface area contributed by atoms with Crippen molar-refractivity contribution in [2.24, 2.45) is 0 Å². The number of anilines is 1. The largest absolute Gasteiger partial charge is 0.478 e. The van der Waals surface area contributed by atoms with Gasteiger partial charge in [-0.05, 0) is 48.2 Å². The van der Waals surface area contributed by atoms with Gasteiger partial charge in [0, 0.05) is 30.9 Å². The molecule has 4 nitrogen and oxygen atoms in total. The zero-order chi connectivity index (χ0) is 21.6. The van der Waals surface area contributed by atoms with Gasteiger partial charge < -0.3 is 10.0 Å². The minimum atomic E-state index is -4.41. The Morgan fingerprint density at radius 2 is 1.60 bits per heavy atom. The first-order valence-electron chi connectivity index (χ1n) is 9.85. The van der Waals surface area contributed by atoms with E-state index in [1.54, 1.807) is 12.3 Å². The van der Waals surface area contributed by atoms with Gasteiger partial charge in [0.25, 0.3) is 0 Å². The smallest absolute Gasteiger partial charge is 0.416 e. The quantitative estimate of drug-likeness (QED) is 0.513. The third-order valence-electron chi connectivity index (χ3n) is 5.01. The molecule has 0 unspecified atom stereocenters. The number of rotatable bonds is 5. The second-order valence-corrected chi connectivity index (χ2v) is 7.16. The van der Waals surface area contributed by atoms with Gasteiger partial charge in [-0.2, -0.15) is 13.2 Å². The molecule has 1 saturated heterocycles. The van der Waals surface area contributed by atoms with E-state index in [0.29, 0.717) is 16.7 Å². The summed E-state index contributed by atoms with van der Waals surface area (Å²) in [5.41, 5.74) is 1.10. The number of carboxylic acids is 1. The topological polar surface area (TPSA) is 53.4 Å². The molecule has 0 amide bonds. The fraction of sp³-hybridized carbons (Fsp3) is 0.304. The summed E-state index contributed by atoms with van der Waals surface area (Å²) in [5.74, 6) is -0.235. The molecule has 30 heavy (non-hydrogen) atoms. The highest BCUT2D eigenvalue weighted by Crippen LogP contribution is 2.31. The first kappa shape index (κ1) is 21.6. The van der Waals surface area contributed by atoms with Crippen LogP contribution in [0.5, 0.6) is 0 Å². The SMILES string of the molecule is O=C(O)C=CC=C(c1ccc(C(F)(F)F)cc1)c1ccc(N2CCCCCC2)nc1. The van der Waals surface area contributed by atoms with Crippen molar-refractivity contribution < 1.29 is 23.1 Å². The van der Waals surface area contributed by atoms with Crippen LogP contribution >= 0.6 is 0 Å². The Morgan fingerprint density at radius 1 is 0.967 bits per heavy atom. The summed E-state index contributed by atoms with van der Waals surface area (Å²) in [6, 6.07) is 8.56. The first-order valence-corrected chi connectivity index (χ1v) is 9.85. The van der Waals surface area contributed by atoms with Gasteiger partial charge in [-0.15, -0.1) is 0 Å². The highest BCUT2D eigenvalue weighted by atomic mass is 19.4. The van der Waals surface area contributed by atoms with Gasteiger partial charge in [0.05, 0.1) is 5.56 Å². The average molecular weight is 416 g/mol. The molecule has 1 fully saturated rings. The first-order chi connectivity index (χ1) is 14.3. The van der Waals surface area contributed by atoms with Gasteiger partial charge in [0.15, 0.2) is 0 Å². The molecule has 0 radical (unpaired) electrons. The zero-order valence-corrected chi connectivity index (χ0v) is 16.4. The third kappa shape index (κ3) is 5.72. The van der Waals surface area contributed by atoms with Crippen LogP contribution in [0.3, 0.4) is 0 Å². The Balaban J connectivity index is 1.91. The van der Waals surface area contributed by atoms with Gasteiger partial charge in [-0.1, -0.05) is 37.1 Å². The van der Waals surface area contributed by atoms with Crippen molar-refractivity contribution in [2.45, 2.75) is 31.9 Å². The molecule has 0 aliphatic carbocycles. The Hall–Kier alpha value is -3.09. The molecule has 0 spiro atoms. The predicted molar refractivity (Wildman–Crippen MR) is 110 cm³/mol. The maximum absolute atomic E-state index is 12.9. The summed E-state index contributed by atoms with van der Waals surface area (Å²) < 4.78 is 38.6. The molecule has 1 N–H and O–H groups in total. The average Bonchev–Trinajstić information content (AvgIpc) is 3.00. The standard InChI is InChI=1S/C23H23F3N2O2/c24-23(25,26)19-11-8-17(9-12-19)20(6-5-7-22(29)30)18-10-13-21(27-16-18)28-14-3-1-2-4-15-28/h5-13,16H,1-4,14-15H2,(H,29,30). The fourth-order valence-corrected chi connectivity index (χ4v) is 3.46. The van der Waals surface area contributed by atoms with E-state index in [1.807, 2.05) is 12.1 Å². The van der Waals surface area contributed by atoms with Crippen LogP contribution in [0.25, 0.3) is 5.57 Å². The van der Waals surface area contributed by atoms with Crippen LogP contribution in [0, 0.1) is 0 Å². The van der Waals surface area contributed by atoms with Gasteiger partial charge in [-0.3, -0.25) is 0 Å². The summed E-state index contributed by atoms with van der Waals surface area (Å²) in [4.78, 5) is 17.6. The van der Waals surface area contributed by atoms with Crippen LogP contribution in [-0.2, 0) is 11.0 Å². The number of benzene rings is 1. The number of nitrogens with zero attached hydrogens (tertiary/aromatic N) is 2. The maximum atomic E-state index is 12.9. The molecule has 1 aromatic carbocycles. The Bertz CT molecular complexity index is 909. The lowest BCUT2D eigenvalue weighted by molar-refractivity contribution is -0.137. The van der Waals surface area contributed by atoms with E-state index in [9.17, 15) is 18.0 Å². The Kier molecular flexibility index (Phi) is 6.92. The number of carboxylic acid groups (broad SMARTS) is 1. The maximum Gasteiger partial charge on any atom is 0.416 e. The van der Waals surface area contributed by atoms with Crippen LogP contribution < -0.4 is 4.90 Å². The zero-order valence-electron chi connectivity index (χ0n) is 16.4. The van der Waals surface area contributed by atoms with E-state index in [1.165, 1.54) is 31.1 Å². The molecule has 2 aromatic rings. The number of allylic oxidation sites excluding steroid dienone is 2. The number of hydrogen-bond donors (Lipinski definition) is 1. The second-order valence-electron chi connectivity index (χ2n) is 7.16. The molecule has 7 heteroatoms. The number of aliphatic carboxylic acids is 1. The summed E-state index contributed by atoms with van der Waals surface area (Å²) in [6.07, 6.45) is 5.84. The molecule has 2 heterocycles. The lowest BCUT2D eigenvalue weighted by Crippen LogP contribution is -2.24. The van der Waals surface area contributed by atoms with Crippen molar-refractivity contribution >= 4 is 17.4 Å². The summed E-state index contributed by atoms with van der Waals surface area (Å²) in [7, 11) is 0. The van der Waals surface area contributed by atoms with E-state index in [4.69, 9.17) is 5.11 Å². The van der Waals surface area contributed by atoms with E-state index in [-0.39, 0.29) is 0 Å². The number of pyridine rings is 1. The molecule has 0 atom stereocenters. The van der Waals surface area contributed by atoms with Crippen LogP contribution in [-0.4, -0.2) is 29.1 Å². The molecule has 1 aliphatic rings. The predicted octanol–water partition coefficient (Wildman–Crippen LogP) is 5.55. The van der Waals surface area contributed by atoms with Crippen molar-refractivity contribution in [3.05, 3.63) is 77.5 Å². The molecule has 158 valence electrons. The van der Waals surface area contributed by atoms with Gasteiger partial charge in [-0.25, -0.2) is 9.78 Å². The van der Waals surface area contributed by atoms with Crippen molar-refractivity contribution in [3.63, 3.8) is 0 Å². The van der Waals surface area contributed by atoms with Crippen molar-refractivity contribution in [1.29, 1.82) is 0 Å². The molecular weight excluding hydrogens is 393 g/mol. The number of halogens is 3. The normalized spacial score (nSPS) is 16.0. The van der Waals surface area contributed by atoms with Crippen LogP contribution in [0.1, 0.15) is 42.4 Å². The van der Waals surface area contributed by atoms with Gasteiger partial charge >= 0.3 is 12.1 Å². The van der Waals surface area contributed by atoms with E-state index < -0.39 is 17.7 Å². The highest BCUT2D eigenvalue weighted by Gasteiger charge is 2.30. The lowest BCUT2D eigenvalue weighted by atomic mass is 9.97. The van der Waals surface area contributed by atoms with Gasteiger partial charge in [0.1, 0.15) is 5.82 Å². The number of hydrogen-bond acceptors (Lipinski definition) is 3. The monoisotopic (exact) mass is 416 g/mol. The minimum absolute atomic E-state index is 0.544. The molecule has 3 rings (SSSR count). The van der Waals surface area contributed by atoms with Crippen LogP contribution in [0.2, 0.25) is 0 Å². The molecule has 1 aromatic heterocycles. The lowest BCUT2D eigenvalue weighted by Gasteiger charge is -2.21. The summed E-state index contributed by atoms with van der Waals surface area (Å²) in [5, 5.41) is 8.84. The van der Waals surface area contributed by atoms with Crippen molar-refractivity contribution in [2.75, 3.05) is 18.0 Å². The number of alkyl halides is 3. The summed E-state index contributed by atoms with van der Waals surface area (Å²) in [6.45, 7) is 1.91. The van der Waals surface area contributed by atoms with Crippen LogP contribution in [0.4, 0.5) is 19.0 Å². The van der Waals surface area contributed by atoms with Crippen molar-refractivity contribution in [1.82, 2.24) is 4.98 Å². The molecular formula is C23H23F3N2O2. The van der Waals surface area contributed by atoms with E-state index in [2.05, 4.69) is 9.88 Å². The second kappa shape index (κ2) is 9.61. The molecule has 0 saturated carbocycles. The summed E-state index contributed by atoms with van der Waals surface area (Å²) >= 11 is 0. The van der Waals surface area contributed by atoms with Crippen LogP contribution in [0.15, 0.2) is 60.8 Å². The fourth-order valence-electron chi connectivity index (χ4n) is 3.46.